The van der Waals surface area contributed by atoms with Crippen LogP contribution in [0.25, 0.3) is 11.0 Å². The zero-order valence-corrected chi connectivity index (χ0v) is 15.1. The van der Waals surface area contributed by atoms with Gasteiger partial charge in [-0.25, -0.2) is 22.9 Å². The second-order valence-electron chi connectivity index (χ2n) is 6.53. The maximum absolute atomic E-state index is 12.2. The van der Waals surface area contributed by atoms with Crippen molar-refractivity contribution in [1.82, 2.24) is 14.8 Å². The summed E-state index contributed by atoms with van der Waals surface area (Å²) in [7, 11) is -1.70. The van der Waals surface area contributed by atoms with E-state index in [1.165, 1.54) is 7.11 Å². The third-order valence-electron chi connectivity index (χ3n) is 4.41. The summed E-state index contributed by atoms with van der Waals surface area (Å²) < 4.78 is 30.2. The molecule has 1 atom stereocenters. The van der Waals surface area contributed by atoms with E-state index in [2.05, 4.69) is 10.1 Å². The van der Waals surface area contributed by atoms with Gasteiger partial charge in [0.25, 0.3) is 0 Å². The summed E-state index contributed by atoms with van der Waals surface area (Å²) in [6.07, 6.45) is 0.514. The monoisotopic (exact) mass is 351 g/mol. The Hall–Kier alpha value is -1.96. The minimum atomic E-state index is -3.04. The molecule has 0 saturated carbocycles. The molecule has 1 aliphatic heterocycles. The van der Waals surface area contributed by atoms with E-state index < -0.39 is 15.8 Å². The molecule has 8 heteroatoms. The van der Waals surface area contributed by atoms with Crippen LogP contribution in [-0.4, -0.2) is 47.8 Å². The molecule has 0 aromatic carbocycles. The zero-order chi connectivity index (χ0) is 17.6. The van der Waals surface area contributed by atoms with Crippen molar-refractivity contribution in [3.8, 4) is 0 Å². The Labute approximate surface area is 140 Å². The molecule has 7 nitrogen and oxygen atoms in total. The maximum Gasteiger partial charge on any atom is 0.338 e. The van der Waals surface area contributed by atoms with E-state index in [1.54, 1.807) is 17.7 Å². The smallest absolute Gasteiger partial charge is 0.338 e. The van der Waals surface area contributed by atoms with E-state index in [0.29, 0.717) is 28.7 Å². The number of carbonyl (C=O) groups is 1. The highest BCUT2D eigenvalue weighted by atomic mass is 32.2. The summed E-state index contributed by atoms with van der Waals surface area (Å²) in [5.41, 5.74) is 2.39. The number of esters is 1. The second kappa shape index (κ2) is 5.84. The van der Waals surface area contributed by atoms with Crippen LogP contribution < -0.4 is 0 Å². The van der Waals surface area contributed by atoms with Crippen LogP contribution in [0, 0.1) is 6.92 Å². The zero-order valence-electron chi connectivity index (χ0n) is 14.2. The number of carbonyl (C=O) groups excluding carboxylic acids is 1. The minimum Gasteiger partial charge on any atom is -0.465 e. The first-order valence-corrected chi connectivity index (χ1v) is 9.74. The summed E-state index contributed by atoms with van der Waals surface area (Å²) in [6, 6.07) is 1.50. The van der Waals surface area contributed by atoms with Crippen LogP contribution in [0.2, 0.25) is 0 Å². The number of methoxy groups -OCH3 is 1. The fourth-order valence-corrected chi connectivity index (χ4v) is 4.81. The summed E-state index contributed by atoms with van der Waals surface area (Å²) in [6.45, 7) is 5.77. The van der Waals surface area contributed by atoms with E-state index in [1.807, 2.05) is 13.8 Å². The maximum atomic E-state index is 12.2. The van der Waals surface area contributed by atoms with Gasteiger partial charge in [0.15, 0.2) is 15.5 Å². The molecule has 1 fully saturated rings. The Bertz CT molecular complexity index is 915. The minimum absolute atomic E-state index is 0.0599. The predicted molar refractivity (Wildman–Crippen MR) is 90.0 cm³/mol. The highest BCUT2D eigenvalue weighted by molar-refractivity contribution is 7.91. The molecule has 0 radical (unpaired) electrons. The number of rotatable bonds is 3. The first-order chi connectivity index (χ1) is 11.2. The number of fused-ring (bicyclic) bond motifs is 1. The molecule has 1 saturated heterocycles. The average Bonchev–Trinajstić information content (AvgIpc) is 3.05. The van der Waals surface area contributed by atoms with Crippen LogP contribution in [-0.2, 0) is 14.6 Å². The fourth-order valence-electron chi connectivity index (χ4n) is 3.12. The molecule has 130 valence electrons. The quantitative estimate of drug-likeness (QED) is 0.786. The molecule has 3 heterocycles. The Morgan fingerprint density at radius 1 is 1.42 bits per heavy atom. The Morgan fingerprint density at radius 3 is 2.67 bits per heavy atom. The van der Waals surface area contributed by atoms with Crippen LogP contribution in [0.5, 0.6) is 0 Å². The number of aryl methyl sites for hydroxylation is 1. The van der Waals surface area contributed by atoms with Crippen molar-refractivity contribution >= 4 is 26.8 Å². The molecular formula is C16H21N3O4S. The lowest BCUT2D eigenvalue weighted by Crippen LogP contribution is -2.14. The van der Waals surface area contributed by atoms with Crippen LogP contribution >= 0.6 is 0 Å². The van der Waals surface area contributed by atoms with Crippen molar-refractivity contribution in [3.05, 3.63) is 23.0 Å². The summed E-state index contributed by atoms with van der Waals surface area (Å²) in [4.78, 5) is 16.9. The van der Waals surface area contributed by atoms with Crippen LogP contribution in [0.3, 0.4) is 0 Å². The van der Waals surface area contributed by atoms with Gasteiger partial charge in [0.2, 0.25) is 0 Å². The normalized spacial score (nSPS) is 20.0. The second-order valence-corrected chi connectivity index (χ2v) is 8.76. The highest BCUT2D eigenvalue weighted by Crippen LogP contribution is 2.31. The number of pyridine rings is 1. The lowest BCUT2D eigenvalue weighted by molar-refractivity contribution is 0.0602. The van der Waals surface area contributed by atoms with Crippen LogP contribution in [0.4, 0.5) is 0 Å². The number of hydrogen-bond acceptors (Lipinski definition) is 6. The van der Waals surface area contributed by atoms with Crippen molar-refractivity contribution in [2.75, 3.05) is 18.6 Å². The summed E-state index contributed by atoms with van der Waals surface area (Å²) >= 11 is 0. The van der Waals surface area contributed by atoms with Gasteiger partial charge in [-0.2, -0.15) is 5.10 Å². The molecular weight excluding hydrogens is 330 g/mol. The molecule has 3 rings (SSSR count). The van der Waals surface area contributed by atoms with Crippen molar-refractivity contribution in [2.45, 2.75) is 39.2 Å². The Balaban J connectivity index is 2.26. The lowest BCUT2D eigenvalue weighted by Gasteiger charge is -2.12. The summed E-state index contributed by atoms with van der Waals surface area (Å²) in [5, 5.41) is 5.13. The van der Waals surface area contributed by atoms with Gasteiger partial charge >= 0.3 is 5.97 Å². The van der Waals surface area contributed by atoms with E-state index in [4.69, 9.17) is 4.74 Å². The highest BCUT2D eigenvalue weighted by Gasteiger charge is 2.32. The Kier molecular flexibility index (Phi) is 4.11. The summed E-state index contributed by atoms with van der Waals surface area (Å²) in [5.74, 6) is -0.101. The average molecular weight is 351 g/mol. The predicted octanol–water partition coefficient (Wildman–Crippen LogP) is 2.01. The molecule has 1 aliphatic rings. The topological polar surface area (TPSA) is 91.2 Å². The third kappa shape index (κ3) is 2.79. The fraction of sp³-hybridized carbons (Fsp3) is 0.562. The van der Waals surface area contributed by atoms with Crippen molar-refractivity contribution < 1.29 is 17.9 Å². The molecule has 0 aliphatic carbocycles. The van der Waals surface area contributed by atoms with Gasteiger partial charge < -0.3 is 4.74 Å². The molecule has 0 spiro atoms. The first-order valence-electron chi connectivity index (χ1n) is 7.92. The van der Waals surface area contributed by atoms with Crippen molar-refractivity contribution in [2.24, 2.45) is 0 Å². The van der Waals surface area contributed by atoms with Gasteiger partial charge in [0.1, 0.15) is 0 Å². The van der Waals surface area contributed by atoms with Gasteiger partial charge in [0, 0.05) is 5.69 Å². The SMILES string of the molecule is COC(=O)c1cc(C(C)C)nc2c1c(C)nn2[C@@H]1CCS(=O)(=O)C1. The van der Waals surface area contributed by atoms with Gasteiger partial charge in [-0.3, -0.25) is 0 Å². The first kappa shape index (κ1) is 16.9. The van der Waals surface area contributed by atoms with Gasteiger partial charge in [-0.05, 0) is 25.3 Å². The van der Waals surface area contributed by atoms with Crippen molar-refractivity contribution in [1.29, 1.82) is 0 Å². The molecule has 0 unspecified atom stereocenters. The molecule has 2 aromatic rings. The van der Waals surface area contributed by atoms with Gasteiger partial charge in [0.05, 0.1) is 41.3 Å². The number of aromatic nitrogens is 3. The molecule has 0 amide bonds. The lowest BCUT2D eigenvalue weighted by atomic mass is 10.0. The van der Waals surface area contributed by atoms with E-state index >= 15 is 0 Å². The molecule has 24 heavy (non-hydrogen) atoms. The molecule has 0 bridgehead atoms. The van der Waals surface area contributed by atoms with E-state index in [9.17, 15) is 13.2 Å². The molecule has 0 N–H and O–H groups in total. The van der Waals surface area contributed by atoms with Crippen LogP contribution in [0.1, 0.15) is 54.0 Å². The number of hydrogen-bond donors (Lipinski definition) is 0. The molecule has 2 aromatic heterocycles. The number of nitrogens with zero attached hydrogens (tertiary/aromatic N) is 3. The van der Waals surface area contributed by atoms with Crippen LogP contribution in [0.15, 0.2) is 6.07 Å². The largest absolute Gasteiger partial charge is 0.465 e. The number of sulfone groups is 1. The standard InChI is InChI=1S/C16H21N3O4S/c1-9(2)13-7-12(16(20)23-4)14-10(3)18-19(15(14)17-13)11-5-6-24(21,22)8-11/h7,9,11H,5-6,8H2,1-4H3/t11-/m1/s1. The van der Waals surface area contributed by atoms with Gasteiger partial charge in [-0.1, -0.05) is 13.8 Å². The van der Waals surface area contributed by atoms with Gasteiger partial charge in [-0.15, -0.1) is 0 Å². The number of ether oxygens (including phenoxy) is 1. The van der Waals surface area contributed by atoms with E-state index in [0.717, 1.165) is 5.69 Å². The van der Waals surface area contributed by atoms with E-state index in [-0.39, 0.29) is 23.5 Å². The third-order valence-corrected chi connectivity index (χ3v) is 6.16. The Morgan fingerprint density at radius 2 is 2.12 bits per heavy atom. The van der Waals surface area contributed by atoms with Crippen molar-refractivity contribution in [3.63, 3.8) is 0 Å².